The molecule has 5 unspecified atom stereocenters. The first-order valence-corrected chi connectivity index (χ1v) is 29.2. The molecule has 2 N–H and O–H groups in total. The van der Waals surface area contributed by atoms with Crippen molar-refractivity contribution in [2.45, 2.75) is 277 Å². The summed E-state index contributed by atoms with van der Waals surface area (Å²) in [6.07, 6.45) is 61.4. The van der Waals surface area contributed by atoms with E-state index in [2.05, 4.69) is 93.7 Å². The van der Waals surface area contributed by atoms with Crippen LogP contribution in [0.3, 0.4) is 0 Å². The summed E-state index contributed by atoms with van der Waals surface area (Å²) in [5.74, 6) is -1.59. The van der Waals surface area contributed by atoms with E-state index in [1.807, 2.05) is 0 Å². The number of aliphatic hydroxyl groups is 2. The number of allylic oxidation sites excluding steroid dienone is 12. The van der Waals surface area contributed by atoms with Crippen LogP contribution < -0.4 is 0 Å². The first kappa shape index (κ1) is 65.9. The highest BCUT2D eigenvalue weighted by molar-refractivity contribution is 5.94. The van der Waals surface area contributed by atoms with Crippen molar-refractivity contribution >= 4 is 17.9 Å². The molecule has 1 aliphatic rings. The topological polar surface area (TPSA) is 129 Å². The maximum absolute atomic E-state index is 12.7. The Kier molecular flexibility index (Phi) is 46.8. The highest BCUT2D eigenvalue weighted by atomic mass is 16.6. The van der Waals surface area contributed by atoms with E-state index < -0.39 is 36.5 Å². The van der Waals surface area contributed by atoms with E-state index in [0.717, 1.165) is 103 Å². The Morgan fingerprint density at radius 3 is 1.62 bits per heavy atom. The number of esters is 3. The molecule has 0 amide bonds. The van der Waals surface area contributed by atoms with Crippen LogP contribution in [-0.4, -0.2) is 60.0 Å². The standard InChI is InChI=1S/C62H106O9/c1-4-7-10-13-16-18-20-22-24-26-28-30-32-38-44-49-59(64)69-54-56(70-60(65)50-45-40-33-31-29-27-25-23-21-19-17-14-11-8-5-2)51-52-68-58(63)48-43-39-35-34-37-42-47-55(46-41-36-15-12-9-6-3)57-53-61(66)71-62(57)67/h9,12,17,19,22-25,36,41-42,47,55-58,60,63,65H,4-8,10-11,13-16,18,20-21,26-35,37-40,43-46,48-54H2,1-3H3. The third-order valence-electron chi connectivity index (χ3n) is 13.2. The largest absolute Gasteiger partial charge is 0.463 e. The summed E-state index contributed by atoms with van der Waals surface area (Å²) < 4.78 is 22.3. The second-order valence-electron chi connectivity index (χ2n) is 19.9. The van der Waals surface area contributed by atoms with Crippen molar-refractivity contribution in [3.63, 3.8) is 0 Å². The number of carbonyl (C=O) groups excluding carboxylic acids is 3. The maximum atomic E-state index is 12.7. The van der Waals surface area contributed by atoms with Crippen molar-refractivity contribution in [2.24, 2.45) is 11.8 Å². The third kappa shape index (κ3) is 43.0. The molecule has 0 aromatic carbocycles. The maximum Gasteiger partial charge on any atom is 0.317 e. The first-order valence-electron chi connectivity index (χ1n) is 29.2. The van der Waals surface area contributed by atoms with Gasteiger partial charge in [-0.1, -0.05) is 190 Å². The summed E-state index contributed by atoms with van der Waals surface area (Å²) in [6.45, 7) is 6.88. The lowest BCUT2D eigenvalue weighted by Gasteiger charge is -2.22. The van der Waals surface area contributed by atoms with Gasteiger partial charge in [0.05, 0.1) is 25.0 Å². The summed E-state index contributed by atoms with van der Waals surface area (Å²) in [6, 6.07) is 0. The highest BCUT2D eigenvalue weighted by Gasteiger charge is 2.37. The molecule has 1 fully saturated rings. The lowest BCUT2D eigenvalue weighted by molar-refractivity contribution is -0.176. The van der Waals surface area contributed by atoms with Crippen molar-refractivity contribution in [3.8, 4) is 0 Å². The molecule has 1 heterocycles. The van der Waals surface area contributed by atoms with Crippen LogP contribution in [0.25, 0.3) is 0 Å². The van der Waals surface area contributed by atoms with E-state index in [4.69, 9.17) is 18.9 Å². The van der Waals surface area contributed by atoms with Gasteiger partial charge in [0.1, 0.15) is 6.61 Å². The number of hydrogen-bond acceptors (Lipinski definition) is 9. The summed E-state index contributed by atoms with van der Waals surface area (Å²) >= 11 is 0. The minimum Gasteiger partial charge on any atom is -0.463 e. The molecule has 0 aromatic rings. The molecule has 71 heavy (non-hydrogen) atoms. The highest BCUT2D eigenvalue weighted by Crippen LogP contribution is 2.29. The van der Waals surface area contributed by atoms with Crippen LogP contribution in [0.2, 0.25) is 0 Å². The number of rotatable bonds is 51. The van der Waals surface area contributed by atoms with Gasteiger partial charge in [-0.2, -0.15) is 0 Å². The molecule has 1 saturated heterocycles. The van der Waals surface area contributed by atoms with Crippen LogP contribution in [0.15, 0.2) is 72.9 Å². The zero-order valence-corrected chi connectivity index (χ0v) is 45.6. The molecule has 9 heteroatoms. The van der Waals surface area contributed by atoms with Gasteiger partial charge in [-0.25, -0.2) is 0 Å². The molecule has 1 rings (SSSR count). The summed E-state index contributed by atoms with van der Waals surface area (Å²) in [7, 11) is 0. The Bertz CT molecular complexity index is 1430. The van der Waals surface area contributed by atoms with Crippen LogP contribution in [0, 0.1) is 11.8 Å². The number of carbonyl (C=O) groups is 3. The fourth-order valence-electron chi connectivity index (χ4n) is 8.72. The van der Waals surface area contributed by atoms with Crippen molar-refractivity contribution in [3.05, 3.63) is 72.9 Å². The van der Waals surface area contributed by atoms with Gasteiger partial charge in [0.15, 0.2) is 12.6 Å². The van der Waals surface area contributed by atoms with Gasteiger partial charge in [-0.05, 0) is 128 Å². The smallest absolute Gasteiger partial charge is 0.317 e. The minimum atomic E-state index is -0.953. The monoisotopic (exact) mass is 995 g/mol. The molecule has 5 atom stereocenters. The molecule has 0 aromatic heterocycles. The Hall–Kier alpha value is -3.11. The SMILES string of the molecule is CCC=CCC=CCC(C=CCCCCCCC(O)OCCC(COC(=O)CCCCCCCC=CCCCCCCCC)OC(O)CCCCCCCC=CCC=CCCCCC)C1CC(=O)OC1=O. The third-order valence-corrected chi connectivity index (χ3v) is 13.2. The van der Waals surface area contributed by atoms with Gasteiger partial charge in [-0.3, -0.25) is 14.4 Å². The molecule has 1 aliphatic heterocycles. The molecule has 0 saturated carbocycles. The van der Waals surface area contributed by atoms with Crippen LogP contribution in [-0.2, 0) is 33.3 Å². The summed E-state index contributed by atoms with van der Waals surface area (Å²) in [4.78, 5) is 36.8. The lowest BCUT2D eigenvalue weighted by Crippen LogP contribution is -2.29. The van der Waals surface area contributed by atoms with Gasteiger partial charge in [0.25, 0.3) is 0 Å². The van der Waals surface area contributed by atoms with Crippen molar-refractivity contribution in [1.29, 1.82) is 0 Å². The Balaban J connectivity index is 2.43. The van der Waals surface area contributed by atoms with Crippen molar-refractivity contribution < 1.29 is 43.5 Å². The Labute approximate surface area is 434 Å². The second-order valence-corrected chi connectivity index (χ2v) is 19.9. The average molecular weight is 996 g/mol. The van der Waals surface area contributed by atoms with E-state index in [-0.39, 0.29) is 31.5 Å². The van der Waals surface area contributed by atoms with Crippen molar-refractivity contribution in [1.82, 2.24) is 0 Å². The van der Waals surface area contributed by atoms with Crippen molar-refractivity contribution in [2.75, 3.05) is 13.2 Å². The van der Waals surface area contributed by atoms with E-state index in [9.17, 15) is 24.6 Å². The van der Waals surface area contributed by atoms with Gasteiger partial charge in [0.2, 0.25) is 0 Å². The van der Waals surface area contributed by atoms with E-state index in [0.29, 0.717) is 32.1 Å². The van der Waals surface area contributed by atoms with Crippen LogP contribution >= 0.6 is 0 Å². The number of aliphatic hydroxyl groups excluding tert-OH is 2. The molecular formula is C62H106O9. The first-order chi connectivity index (χ1) is 34.8. The predicted octanol–water partition coefficient (Wildman–Crippen LogP) is 16.7. The van der Waals surface area contributed by atoms with E-state index >= 15 is 0 Å². The fraction of sp³-hybridized carbons (Fsp3) is 0.758. The second kappa shape index (κ2) is 50.4. The van der Waals surface area contributed by atoms with Gasteiger partial charge < -0.3 is 29.2 Å². The normalized spacial score (nSPS) is 16.3. The van der Waals surface area contributed by atoms with Crippen LogP contribution in [0.5, 0.6) is 0 Å². The predicted molar refractivity (Wildman–Crippen MR) is 295 cm³/mol. The molecule has 0 radical (unpaired) electrons. The molecule has 0 bridgehead atoms. The lowest BCUT2D eigenvalue weighted by atomic mass is 9.87. The zero-order chi connectivity index (χ0) is 51.5. The quantitative estimate of drug-likeness (QED) is 0.0201. The molecule has 0 spiro atoms. The Morgan fingerprint density at radius 2 is 1.04 bits per heavy atom. The minimum absolute atomic E-state index is 0.0496. The van der Waals surface area contributed by atoms with Gasteiger partial charge in [0, 0.05) is 12.8 Å². The number of unbranched alkanes of at least 4 members (excludes halogenated alkanes) is 23. The van der Waals surface area contributed by atoms with E-state index in [1.54, 1.807) is 0 Å². The molecule has 0 aliphatic carbocycles. The molecule has 9 nitrogen and oxygen atoms in total. The average Bonchev–Trinajstić information content (AvgIpc) is 3.70. The Morgan fingerprint density at radius 1 is 0.563 bits per heavy atom. The van der Waals surface area contributed by atoms with E-state index in [1.165, 1.54) is 96.3 Å². The number of hydrogen-bond donors (Lipinski definition) is 2. The molecular weight excluding hydrogens is 889 g/mol. The van der Waals surface area contributed by atoms with Crippen LogP contribution in [0.1, 0.15) is 258 Å². The number of ether oxygens (including phenoxy) is 4. The van der Waals surface area contributed by atoms with Gasteiger partial charge >= 0.3 is 17.9 Å². The summed E-state index contributed by atoms with van der Waals surface area (Å²) in [5, 5.41) is 21.4. The van der Waals surface area contributed by atoms with Crippen LogP contribution in [0.4, 0.5) is 0 Å². The number of cyclic esters (lactones) is 2. The molecule has 408 valence electrons. The van der Waals surface area contributed by atoms with Gasteiger partial charge in [-0.15, -0.1) is 0 Å². The summed E-state index contributed by atoms with van der Waals surface area (Å²) in [5.41, 5.74) is 0. The fourth-order valence-corrected chi connectivity index (χ4v) is 8.72. The zero-order valence-electron chi connectivity index (χ0n) is 45.6.